The number of amides is 2. The minimum absolute atomic E-state index is 0.0760. The van der Waals surface area contributed by atoms with Crippen molar-refractivity contribution in [3.05, 3.63) is 29.8 Å². The van der Waals surface area contributed by atoms with Gasteiger partial charge in [-0.15, -0.1) is 10.2 Å². The van der Waals surface area contributed by atoms with Crippen molar-refractivity contribution in [1.82, 2.24) is 15.5 Å². The Morgan fingerprint density at radius 1 is 1.12 bits per heavy atom. The van der Waals surface area contributed by atoms with Gasteiger partial charge < -0.3 is 10.6 Å². The molecule has 0 bridgehead atoms. The van der Waals surface area contributed by atoms with Crippen LogP contribution in [0.2, 0.25) is 0 Å². The largest absolute Gasteiger partial charge is 0.355 e. The molecule has 2 rings (SSSR count). The molecule has 0 saturated heterocycles. The van der Waals surface area contributed by atoms with Crippen molar-refractivity contribution in [1.29, 1.82) is 0 Å². The summed E-state index contributed by atoms with van der Waals surface area (Å²) in [4.78, 5) is 23.6. The van der Waals surface area contributed by atoms with Gasteiger partial charge in [0.05, 0.1) is 0 Å². The molecule has 0 unspecified atom stereocenters. The second kappa shape index (κ2) is 7.53. The Bertz CT molecular complexity index is 717. The molecule has 128 valence electrons. The van der Waals surface area contributed by atoms with Gasteiger partial charge in [0.15, 0.2) is 0 Å². The third-order valence-electron chi connectivity index (χ3n) is 3.29. The Hall–Kier alpha value is -2.28. The molecule has 1 aromatic carbocycles. The fraction of sp³-hybridized carbons (Fsp3) is 0.412. The lowest BCUT2D eigenvalue weighted by Crippen LogP contribution is -2.36. The van der Waals surface area contributed by atoms with Gasteiger partial charge in [-0.3, -0.25) is 9.59 Å². The van der Waals surface area contributed by atoms with E-state index in [9.17, 15) is 9.59 Å². The molecule has 0 saturated carbocycles. The summed E-state index contributed by atoms with van der Waals surface area (Å²) in [6, 6.07) is 7.97. The predicted octanol–water partition coefficient (Wildman–Crippen LogP) is 3.00. The summed E-state index contributed by atoms with van der Waals surface area (Å²) < 4.78 is 0. The van der Waals surface area contributed by atoms with Crippen LogP contribution in [0, 0.1) is 12.3 Å². The van der Waals surface area contributed by atoms with E-state index in [-0.39, 0.29) is 18.2 Å². The quantitative estimate of drug-likeness (QED) is 0.872. The Labute approximate surface area is 145 Å². The number of carbonyl (C=O) groups is 2. The molecule has 0 aliphatic carbocycles. The van der Waals surface area contributed by atoms with E-state index >= 15 is 0 Å². The van der Waals surface area contributed by atoms with Crippen LogP contribution in [0.15, 0.2) is 24.3 Å². The molecule has 0 fully saturated rings. The summed E-state index contributed by atoms with van der Waals surface area (Å²) in [5.74, 6) is -0.274. The van der Waals surface area contributed by atoms with Gasteiger partial charge >= 0.3 is 0 Å². The summed E-state index contributed by atoms with van der Waals surface area (Å²) in [6.45, 7) is 7.81. The average molecular weight is 346 g/mol. The summed E-state index contributed by atoms with van der Waals surface area (Å²) in [5.41, 5.74) is 1.68. The maximum atomic E-state index is 11.9. The second-order valence-corrected chi connectivity index (χ2v) is 7.56. The van der Waals surface area contributed by atoms with Crippen LogP contribution >= 0.6 is 11.3 Å². The molecule has 1 aromatic heterocycles. The van der Waals surface area contributed by atoms with Crippen LogP contribution in [0.5, 0.6) is 0 Å². The number of nitrogens with zero attached hydrogens (tertiary/aromatic N) is 2. The number of aryl methyl sites for hydroxylation is 1. The van der Waals surface area contributed by atoms with Crippen molar-refractivity contribution in [3.8, 4) is 10.6 Å². The van der Waals surface area contributed by atoms with Crippen molar-refractivity contribution in [2.24, 2.45) is 5.41 Å². The molecule has 1 heterocycles. The Morgan fingerprint density at radius 3 is 2.42 bits per heavy atom. The average Bonchev–Trinajstić information content (AvgIpc) is 2.95. The topological polar surface area (TPSA) is 84.0 Å². The van der Waals surface area contributed by atoms with E-state index < -0.39 is 5.41 Å². The highest BCUT2D eigenvalue weighted by molar-refractivity contribution is 7.18. The maximum absolute atomic E-state index is 11.9. The molecule has 2 aromatic rings. The Balaban J connectivity index is 1.85. The highest BCUT2D eigenvalue weighted by Crippen LogP contribution is 2.26. The zero-order valence-corrected chi connectivity index (χ0v) is 15.2. The Morgan fingerprint density at radius 2 is 1.79 bits per heavy atom. The van der Waals surface area contributed by atoms with Gasteiger partial charge in [0.1, 0.15) is 5.01 Å². The lowest BCUT2D eigenvalue weighted by Gasteiger charge is -2.17. The third kappa shape index (κ3) is 5.13. The van der Waals surface area contributed by atoms with E-state index in [1.807, 2.05) is 52.0 Å². The molecule has 0 atom stereocenters. The molecular formula is C17H22N4O2S. The number of hydrogen-bond donors (Lipinski definition) is 2. The number of benzene rings is 1. The number of anilines is 1. The van der Waals surface area contributed by atoms with Crippen molar-refractivity contribution >= 4 is 28.3 Å². The zero-order chi connectivity index (χ0) is 17.7. The summed E-state index contributed by atoms with van der Waals surface area (Å²) >= 11 is 1.32. The smallest absolute Gasteiger partial charge is 0.227 e. The Kier molecular flexibility index (Phi) is 5.66. The van der Waals surface area contributed by atoms with Crippen LogP contribution in [0.4, 0.5) is 5.13 Å². The minimum Gasteiger partial charge on any atom is -0.355 e. The number of hydrogen-bond acceptors (Lipinski definition) is 5. The first-order chi connectivity index (χ1) is 11.3. The van der Waals surface area contributed by atoms with Crippen molar-refractivity contribution in [2.75, 3.05) is 11.9 Å². The highest BCUT2D eigenvalue weighted by atomic mass is 32.1. The lowest BCUT2D eigenvalue weighted by molar-refractivity contribution is -0.128. The van der Waals surface area contributed by atoms with Crippen LogP contribution in [-0.2, 0) is 9.59 Å². The van der Waals surface area contributed by atoms with Gasteiger partial charge in [-0.05, 0) is 6.92 Å². The second-order valence-electron chi connectivity index (χ2n) is 6.58. The molecule has 0 aliphatic heterocycles. The molecule has 2 amide bonds. The normalized spacial score (nSPS) is 11.2. The van der Waals surface area contributed by atoms with Gasteiger partial charge in [-0.2, -0.15) is 0 Å². The SMILES string of the molecule is Cc1ccc(-c2nnc(NC(=O)CCNC(=O)C(C)(C)C)s2)cc1. The summed E-state index contributed by atoms with van der Waals surface area (Å²) in [6.07, 6.45) is 0.196. The van der Waals surface area contributed by atoms with E-state index in [0.29, 0.717) is 11.7 Å². The standard InChI is InChI=1S/C17H22N4O2S/c1-11-5-7-12(8-6-11)14-20-21-16(24-14)19-13(22)9-10-18-15(23)17(2,3)4/h5-8H,9-10H2,1-4H3,(H,18,23)(H,19,21,22). The first-order valence-electron chi connectivity index (χ1n) is 7.74. The summed E-state index contributed by atoms with van der Waals surface area (Å²) in [5, 5.41) is 14.7. The summed E-state index contributed by atoms with van der Waals surface area (Å²) in [7, 11) is 0. The fourth-order valence-corrected chi connectivity index (χ4v) is 2.59. The van der Waals surface area contributed by atoms with E-state index in [4.69, 9.17) is 0 Å². The van der Waals surface area contributed by atoms with Crippen molar-refractivity contribution in [2.45, 2.75) is 34.1 Å². The van der Waals surface area contributed by atoms with Crippen molar-refractivity contribution < 1.29 is 9.59 Å². The molecule has 6 nitrogen and oxygen atoms in total. The van der Waals surface area contributed by atoms with E-state index in [2.05, 4.69) is 20.8 Å². The molecule has 7 heteroatoms. The van der Waals surface area contributed by atoms with Crippen LogP contribution < -0.4 is 10.6 Å². The van der Waals surface area contributed by atoms with Gasteiger partial charge in [-0.25, -0.2) is 0 Å². The van der Waals surface area contributed by atoms with Crippen molar-refractivity contribution in [3.63, 3.8) is 0 Å². The lowest BCUT2D eigenvalue weighted by atomic mass is 9.96. The molecule has 2 N–H and O–H groups in total. The highest BCUT2D eigenvalue weighted by Gasteiger charge is 2.20. The number of carbonyl (C=O) groups excluding carboxylic acids is 2. The van der Waals surface area contributed by atoms with E-state index in [1.54, 1.807) is 0 Å². The first-order valence-corrected chi connectivity index (χ1v) is 8.56. The predicted molar refractivity (Wildman–Crippen MR) is 95.8 cm³/mol. The van der Waals surface area contributed by atoms with E-state index in [0.717, 1.165) is 10.6 Å². The number of nitrogens with one attached hydrogen (secondary N) is 2. The van der Waals surface area contributed by atoms with E-state index in [1.165, 1.54) is 16.9 Å². The van der Waals surface area contributed by atoms with Crippen LogP contribution in [0.25, 0.3) is 10.6 Å². The molecule has 0 spiro atoms. The van der Waals surface area contributed by atoms with Gasteiger partial charge in [0.2, 0.25) is 16.9 Å². The molecule has 0 aliphatic rings. The molecule has 24 heavy (non-hydrogen) atoms. The number of rotatable bonds is 5. The fourth-order valence-electron chi connectivity index (χ4n) is 1.82. The van der Waals surface area contributed by atoms with Gasteiger partial charge in [-0.1, -0.05) is 61.9 Å². The van der Waals surface area contributed by atoms with Gasteiger partial charge in [0, 0.05) is 23.9 Å². The monoisotopic (exact) mass is 346 g/mol. The van der Waals surface area contributed by atoms with Gasteiger partial charge in [0.25, 0.3) is 0 Å². The minimum atomic E-state index is -0.460. The molecular weight excluding hydrogens is 324 g/mol. The van der Waals surface area contributed by atoms with Crippen LogP contribution in [0.1, 0.15) is 32.8 Å². The van der Waals surface area contributed by atoms with Crippen LogP contribution in [0.3, 0.4) is 0 Å². The maximum Gasteiger partial charge on any atom is 0.227 e. The molecule has 0 radical (unpaired) electrons. The number of aromatic nitrogens is 2. The zero-order valence-electron chi connectivity index (χ0n) is 14.3. The first kappa shape index (κ1) is 18.1. The third-order valence-corrected chi connectivity index (χ3v) is 4.18. The van der Waals surface area contributed by atoms with Crippen LogP contribution in [-0.4, -0.2) is 28.6 Å².